The molecule has 1 aromatic rings. The van der Waals surface area contributed by atoms with Crippen LogP contribution in [0.5, 0.6) is 5.75 Å². The molecule has 0 radical (unpaired) electrons. The molecular weight excluding hydrogens is 271 g/mol. The summed E-state index contributed by atoms with van der Waals surface area (Å²) in [4.78, 5) is 13.7. The van der Waals surface area contributed by atoms with Gasteiger partial charge in [0.05, 0.1) is 0 Å². The number of ether oxygens (including phenoxy) is 1. The third-order valence-corrected chi connectivity index (χ3v) is 3.01. The fourth-order valence-corrected chi connectivity index (χ4v) is 2.00. The number of hydrogen-bond acceptors (Lipinski definition) is 3. The summed E-state index contributed by atoms with van der Waals surface area (Å²) in [7, 11) is 0. The Morgan fingerprint density at radius 2 is 2.26 bits per heavy atom. The first-order valence-corrected chi connectivity index (χ1v) is 6.06. The molecule has 0 saturated carbocycles. The van der Waals surface area contributed by atoms with Crippen LogP contribution in [0.25, 0.3) is 0 Å². The summed E-state index contributed by atoms with van der Waals surface area (Å²) in [5, 5.41) is 3.21. The SMILES string of the molecule is C[C@H]1CNCCN1C(=O)COc1ccccc1F.Cl. The fraction of sp³-hybridized carbons (Fsp3) is 0.462. The van der Waals surface area contributed by atoms with Crippen molar-refractivity contribution in [2.45, 2.75) is 13.0 Å². The molecule has 0 spiro atoms. The number of rotatable bonds is 3. The topological polar surface area (TPSA) is 41.6 Å². The highest BCUT2D eigenvalue weighted by molar-refractivity contribution is 5.85. The number of nitrogens with zero attached hydrogens (tertiary/aromatic N) is 1. The van der Waals surface area contributed by atoms with Crippen LogP contribution in [-0.4, -0.2) is 43.1 Å². The molecule has 6 heteroatoms. The number of nitrogens with one attached hydrogen (secondary N) is 1. The van der Waals surface area contributed by atoms with E-state index in [1.165, 1.54) is 12.1 Å². The molecule has 4 nitrogen and oxygen atoms in total. The van der Waals surface area contributed by atoms with Gasteiger partial charge in [0.15, 0.2) is 18.2 Å². The summed E-state index contributed by atoms with van der Waals surface area (Å²) in [6, 6.07) is 6.24. The van der Waals surface area contributed by atoms with Crippen LogP contribution in [-0.2, 0) is 4.79 Å². The van der Waals surface area contributed by atoms with E-state index in [9.17, 15) is 9.18 Å². The van der Waals surface area contributed by atoms with Crippen LogP contribution in [0, 0.1) is 5.82 Å². The monoisotopic (exact) mass is 288 g/mol. The third kappa shape index (κ3) is 4.08. The highest BCUT2D eigenvalue weighted by Crippen LogP contribution is 2.15. The second kappa shape index (κ2) is 7.31. The molecule has 1 atom stereocenters. The Kier molecular flexibility index (Phi) is 6.05. The summed E-state index contributed by atoms with van der Waals surface area (Å²) in [6.45, 7) is 4.10. The maximum Gasteiger partial charge on any atom is 0.260 e. The van der Waals surface area contributed by atoms with Gasteiger partial charge in [-0.25, -0.2) is 4.39 Å². The first-order chi connectivity index (χ1) is 8.68. The highest BCUT2D eigenvalue weighted by atomic mass is 35.5. The maximum atomic E-state index is 13.3. The lowest BCUT2D eigenvalue weighted by Crippen LogP contribution is -2.53. The van der Waals surface area contributed by atoms with E-state index >= 15 is 0 Å². The van der Waals surface area contributed by atoms with Crippen molar-refractivity contribution in [3.8, 4) is 5.75 Å². The van der Waals surface area contributed by atoms with E-state index in [1.54, 1.807) is 17.0 Å². The van der Waals surface area contributed by atoms with E-state index in [0.29, 0.717) is 6.54 Å². The molecule has 0 unspecified atom stereocenters. The molecule has 2 rings (SSSR count). The van der Waals surface area contributed by atoms with Crippen molar-refractivity contribution in [1.29, 1.82) is 0 Å². The van der Waals surface area contributed by atoms with E-state index in [4.69, 9.17) is 4.74 Å². The predicted molar refractivity (Wildman–Crippen MR) is 73.2 cm³/mol. The largest absolute Gasteiger partial charge is 0.481 e. The number of benzene rings is 1. The van der Waals surface area contributed by atoms with Gasteiger partial charge in [0, 0.05) is 25.7 Å². The molecule has 106 valence electrons. The Bertz CT molecular complexity index is 431. The Labute approximate surface area is 118 Å². The molecule has 1 saturated heterocycles. The number of piperazine rings is 1. The quantitative estimate of drug-likeness (QED) is 0.915. The molecule has 1 fully saturated rings. The van der Waals surface area contributed by atoms with Gasteiger partial charge in [0.25, 0.3) is 5.91 Å². The second-order valence-electron chi connectivity index (χ2n) is 4.36. The summed E-state index contributed by atoms with van der Waals surface area (Å²) in [5.74, 6) is -0.431. The number of hydrogen-bond donors (Lipinski definition) is 1. The second-order valence-corrected chi connectivity index (χ2v) is 4.36. The molecule has 0 aromatic heterocycles. The lowest BCUT2D eigenvalue weighted by atomic mass is 10.2. The minimum absolute atomic E-state index is 0. The Morgan fingerprint density at radius 1 is 1.53 bits per heavy atom. The molecule has 1 aliphatic rings. The Balaban J connectivity index is 0.00000180. The van der Waals surface area contributed by atoms with Crippen LogP contribution in [0.4, 0.5) is 4.39 Å². The number of carbonyl (C=O) groups is 1. The van der Waals surface area contributed by atoms with Gasteiger partial charge in [0.2, 0.25) is 0 Å². The van der Waals surface area contributed by atoms with Crippen LogP contribution in [0.3, 0.4) is 0 Å². The normalized spacial score (nSPS) is 18.6. The van der Waals surface area contributed by atoms with Gasteiger partial charge in [-0.1, -0.05) is 12.1 Å². The number of halogens is 2. The van der Waals surface area contributed by atoms with Gasteiger partial charge in [-0.15, -0.1) is 12.4 Å². The first-order valence-electron chi connectivity index (χ1n) is 6.06. The summed E-state index contributed by atoms with van der Waals surface area (Å²) < 4.78 is 18.5. The van der Waals surface area contributed by atoms with Crippen LogP contribution in [0.15, 0.2) is 24.3 Å². The number of carbonyl (C=O) groups excluding carboxylic acids is 1. The van der Waals surface area contributed by atoms with Crippen LogP contribution in [0.1, 0.15) is 6.92 Å². The van der Waals surface area contributed by atoms with E-state index in [2.05, 4.69) is 5.32 Å². The first kappa shape index (κ1) is 15.7. The number of para-hydroxylation sites is 1. The summed E-state index contributed by atoms with van der Waals surface area (Å²) >= 11 is 0. The molecule has 1 aromatic carbocycles. The lowest BCUT2D eigenvalue weighted by molar-refractivity contribution is -0.136. The van der Waals surface area contributed by atoms with E-state index in [0.717, 1.165) is 13.1 Å². The van der Waals surface area contributed by atoms with Gasteiger partial charge in [-0.2, -0.15) is 0 Å². The Morgan fingerprint density at radius 3 is 2.95 bits per heavy atom. The van der Waals surface area contributed by atoms with E-state index in [-0.39, 0.29) is 36.7 Å². The standard InChI is InChI=1S/C13H17FN2O2.ClH/c1-10-8-15-6-7-16(10)13(17)9-18-12-5-3-2-4-11(12)14;/h2-5,10,15H,6-9H2,1H3;1H/t10-;/m0./s1. The van der Waals surface area contributed by atoms with E-state index < -0.39 is 5.82 Å². The molecule has 0 bridgehead atoms. The molecule has 19 heavy (non-hydrogen) atoms. The van der Waals surface area contributed by atoms with Gasteiger partial charge >= 0.3 is 0 Å². The van der Waals surface area contributed by atoms with Gasteiger partial charge in [-0.3, -0.25) is 4.79 Å². The molecule has 1 aliphatic heterocycles. The van der Waals surface area contributed by atoms with Crippen molar-refractivity contribution >= 4 is 18.3 Å². The molecule has 1 N–H and O–H groups in total. The van der Waals surface area contributed by atoms with Crippen molar-refractivity contribution in [3.05, 3.63) is 30.1 Å². The van der Waals surface area contributed by atoms with Gasteiger partial charge in [-0.05, 0) is 19.1 Å². The van der Waals surface area contributed by atoms with Crippen molar-refractivity contribution in [3.63, 3.8) is 0 Å². The average Bonchev–Trinajstić information content (AvgIpc) is 2.38. The minimum atomic E-state index is -0.446. The average molecular weight is 289 g/mol. The lowest BCUT2D eigenvalue weighted by Gasteiger charge is -2.33. The predicted octanol–water partition coefficient (Wildman–Crippen LogP) is 1.45. The van der Waals surface area contributed by atoms with Crippen molar-refractivity contribution < 1.29 is 13.9 Å². The molecular formula is C13H18ClFN2O2. The fourth-order valence-electron chi connectivity index (χ4n) is 2.00. The van der Waals surface area contributed by atoms with Crippen molar-refractivity contribution in [1.82, 2.24) is 10.2 Å². The summed E-state index contributed by atoms with van der Waals surface area (Å²) in [5.41, 5.74) is 0. The van der Waals surface area contributed by atoms with Crippen LogP contribution >= 0.6 is 12.4 Å². The van der Waals surface area contributed by atoms with Crippen molar-refractivity contribution in [2.24, 2.45) is 0 Å². The molecule has 1 heterocycles. The summed E-state index contributed by atoms with van der Waals surface area (Å²) in [6.07, 6.45) is 0. The number of amides is 1. The molecule has 0 aliphatic carbocycles. The smallest absolute Gasteiger partial charge is 0.260 e. The zero-order valence-corrected chi connectivity index (χ0v) is 11.6. The van der Waals surface area contributed by atoms with Crippen molar-refractivity contribution in [2.75, 3.05) is 26.2 Å². The van der Waals surface area contributed by atoms with Gasteiger partial charge in [0.1, 0.15) is 0 Å². The maximum absolute atomic E-state index is 13.3. The molecule has 1 amide bonds. The third-order valence-electron chi connectivity index (χ3n) is 3.01. The van der Waals surface area contributed by atoms with E-state index in [1.807, 2.05) is 6.92 Å². The van der Waals surface area contributed by atoms with Gasteiger partial charge < -0.3 is 15.0 Å². The Hall–Kier alpha value is -1.33. The highest BCUT2D eigenvalue weighted by Gasteiger charge is 2.23. The zero-order valence-electron chi connectivity index (χ0n) is 10.8. The minimum Gasteiger partial charge on any atom is -0.481 e. The zero-order chi connectivity index (χ0) is 13.0. The van der Waals surface area contributed by atoms with Crippen LogP contribution < -0.4 is 10.1 Å². The van der Waals surface area contributed by atoms with Crippen LogP contribution in [0.2, 0.25) is 0 Å².